The van der Waals surface area contributed by atoms with Crippen LogP contribution >= 0.6 is 0 Å². The Hall–Kier alpha value is -1.40. The van der Waals surface area contributed by atoms with E-state index in [0.29, 0.717) is 0 Å². The van der Waals surface area contributed by atoms with E-state index in [1.165, 1.54) is 7.11 Å². The Morgan fingerprint density at radius 3 is 2.20 bits per heavy atom. The van der Waals surface area contributed by atoms with Crippen LogP contribution < -0.4 is 0 Å². The summed E-state index contributed by atoms with van der Waals surface area (Å²) in [5.41, 5.74) is -3.34. The number of halogens is 2. The van der Waals surface area contributed by atoms with Gasteiger partial charge in [-0.3, -0.25) is 4.90 Å². The Morgan fingerprint density at radius 1 is 1.25 bits per heavy atom. The molecule has 0 N–H and O–H groups in total. The highest BCUT2D eigenvalue weighted by Gasteiger charge is 2.74. The minimum absolute atomic E-state index is 0.0659. The molecule has 3 aliphatic rings. The van der Waals surface area contributed by atoms with Crippen LogP contribution in [0.4, 0.5) is 13.6 Å². The summed E-state index contributed by atoms with van der Waals surface area (Å²) in [6.07, 6.45) is -3.46. The second-order valence-electron chi connectivity index (χ2n) is 6.61. The molecule has 0 aromatic carbocycles. The van der Waals surface area contributed by atoms with Gasteiger partial charge in [0.05, 0.1) is 12.5 Å². The molecule has 2 saturated heterocycles. The van der Waals surface area contributed by atoms with E-state index in [4.69, 9.17) is 4.74 Å². The van der Waals surface area contributed by atoms with E-state index < -0.39 is 35.0 Å². The summed E-state index contributed by atoms with van der Waals surface area (Å²) in [4.78, 5) is 25.1. The molecule has 2 heterocycles. The number of amides is 1. The summed E-state index contributed by atoms with van der Waals surface area (Å²) >= 11 is 0. The lowest BCUT2D eigenvalue weighted by molar-refractivity contribution is -0.162. The smallest absolute Gasteiger partial charge is 0.411 e. The van der Waals surface area contributed by atoms with Crippen molar-refractivity contribution >= 4 is 12.1 Å². The van der Waals surface area contributed by atoms with Crippen LogP contribution in [0.15, 0.2) is 0 Å². The molecule has 2 bridgehead atoms. The number of nitrogens with zero attached hydrogens (tertiary/aromatic N) is 1. The molecule has 7 heteroatoms. The van der Waals surface area contributed by atoms with Gasteiger partial charge in [-0.05, 0) is 33.6 Å². The summed E-state index contributed by atoms with van der Waals surface area (Å²) in [6.45, 7) is 4.87. The van der Waals surface area contributed by atoms with Gasteiger partial charge in [0.15, 0.2) is 0 Å². The number of alkyl halides is 2. The quantitative estimate of drug-likeness (QED) is 0.732. The fourth-order valence-corrected chi connectivity index (χ4v) is 3.11. The van der Waals surface area contributed by atoms with Crippen molar-refractivity contribution in [2.75, 3.05) is 13.7 Å². The van der Waals surface area contributed by atoms with Gasteiger partial charge in [-0.1, -0.05) is 0 Å². The van der Waals surface area contributed by atoms with Crippen LogP contribution in [0.2, 0.25) is 0 Å². The van der Waals surface area contributed by atoms with Crippen molar-refractivity contribution in [1.82, 2.24) is 4.90 Å². The Balaban J connectivity index is 2.24. The van der Waals surface area contributed by atoms with Gasteiger partial charge in [0.25, 0.3) is 0 Å². The van der Waals surface area contributed by atoms with Crippen LogP contribution in [-0.2, 0) is 14.3 Å². The molecule has 114 valence electrons. The molecule has 20 heavy (non-hydrogen) atoms. The first-order valence-corrected chi connectivity index (χ1v) is 6.44. The van der Waals surface area contributed by atoms with Gasteiger partial charge in [0, 0.05) is 6.54 Å². The Labute approximate surface area is 116 Å². The van der Waals surface area contributed by atoms with Gasteiger partial charge in [-0.25, -0.2) is 18.4 Å². The number of ether oxygens (including phenoxy) is 2. The van der Waals surface area contributed by atoms with Gasteiger partial charge in [0.1, 0.15) is 11.1 Å². The topological polar surface area (TPSA) is 55.8 Å². The first-order valence-electron chi connectivity index (χ1n) is 6.44. The average Bonchev–Trinajstić information content (AvgIpc) is 2.77. The summed E-state index contributed by atoms with van der Waals surface area (Å²) in [5.74, 6) is -0.655. The largest absolute Gasteiger partial charge is 0.467 e. The van der Waals surface area contributed by atoms with E-state index in [2.05, 4.69) is 4.74 Å². The fraction of sp³-hybridized carbons (Fsp3) is 0.846. The van der Waals surface area contributed by atoms with Gasteiger partial charge in [0.2, 0.25) is 6.43 Å². The predicted octanol–water partition coefficient (Wildman–Crippen LogP) is 2.19. The maximum Gasteiger partial charge on any atom is 0.411 e. The van der Waals surface area contributed by atoms with E-state index in [1.54, 1.807) is 20.8 Å². The van der Waals surface area contributed by atoms with Crippen molar-refractivity contribution in [2.24, 2.45) is 5.41 Å². The molecule has 1 aliphatic carbocycles. The number of methoxy groups -OCH3 is 1. The first kappa shape index (κ1) is 15.0. The second-order valence-corrected chi connectivity index (χ2v) is 6.61. The Kier molecular flexibility index (Phi) is 3.22. The number of rotatable bonds is 2. The molecule has 1 saturated carbocycles. The number of carbonyl (C=O) groups is 2. The first-order chi connectivity index (χ1) is 9.06. The molecule has 0 spiro atoms. The summed E-state index contributed by atoms with van der Waals surface area (Å²) < 4.78 is 36.2. The van der Waals surface area contributed by atoms with E-state index in [9.17, 15) is 18.4 Å². The van der Waals surface area contributed by atoms with Crippen molar-refractivity contribution in [3.8, 4) is 0 Å². The molecule has 0 aromatic rings. The standard InChI is InChI=1S/C13H19F2NO4/c1-11(2,3)20-10(18)16-7-12(8(14)15)5-13(16,6-12)9(17)19-4/h8H,5-7H2,1-4H3. The SMILES string of the molecule is COC(=O)C12CC(C(F)F)(CN1C(=O)OC(C)(C)C)C2. The minimum Gasteiger partial charge on any atom is -0.467 e. The van der Waals surface area contributed by atoms with Crippen molar-refractivity contribution in [3.05, 3.63) is 0 Å². The molecule has 0 atom stereocenters. The van der Waals surface area contributed by atoms with Gasteiger partial charge in [-0.2, -0.15) is 0 Å². The summed E-state index contributed by atoms with van der Waals surface area (Å²) in [5, 5.41) is 0. The van der Waals surface area contributed by atoms with Gasteiger partial charge in [-0.15, -0.1) is 0 Å². The zero-order valence-electron chi connectivity index (χ0n) is 12.0. The highest BCUT2D eigenvalue weighted by atomic mass is 19.3. The van der Waals surface area contributed by atoms with Crippen LogP contribution in [0.25, 0.3) is 0 Å². The molecule has 5 nitrogen and oxygen atoms in total. The van der Waals surface area contributed by atoms with E-state index in [-0.39, 0.29) is 19.4 Å². The van der Waals surface area contributed by atoms with Crippen molar-refractivity contribution in [2.45, 2.75) is 51.2 Å². The lowest BCUT2D eigenvalue weighted by Crippen LogP contribution is -2.59. The second kappa shape index (κ2) is 4.30. The predicted molar refractivity (Wildman–Crippen MR) is 65.4 cm³/mol. The zero-order chi connectivity index (χ0) is 15.3. The van der Waals surface area contributed by atoms with Crippen LogP contribution in [0, 0.1) is 5.41 Å². The maximum absolute atomic E-state index is 13.1. The minimum atomic E-state index is -2.58. The van der Waals surface area contributed by atoms with Crippen molar-refractivity contribution < 1.29 is 27.8 Å². The number of hydrogen-bond acceptors (Lipinski definition) is 4. The number of carbonyl (C=O) groups excluding carboxylic acids is 2. The zero-order valence-corrected chi connectivity index (χ0v) is 12.0. The summed E-state index contributed by atoms with van der Waals surface area (Å²) in [7, 11) is 1.19. The van der Waals surface area contributed by atoms with E-state index in [1.807, 2.05) is 0 Å². The molecule has 3 rings (SSSR count). The molecule has 3 fully saturated rings. The lowest BCUT2D eigenvalue weighted by Gasteiger charge is -2.44. The Morgan fingerprint density at radius 2 is 1.80 bits per heavy atom. The maximum atomic E-state index is 13.1. The number of esters is 1. The number of hydrogen-bond donors (Lipinski definition) is 0. The molecule has 0 radical (unpaired) electrons. The van der Waals surface area contributed by atoms with Gasteiger partial charge < -0.3 is 9.47 Å². The highest BCUT2D eigenvalue weighted by molar-refractivity contribution is 5.89. The Bertz CT molecular complexity index is 438. The monoisotopic (exact) mass is 291 g/mol. The van der Waals surface area contributed by atoms with Gasteiger partial charge >= 0.3 is 12.1 Å². The van der Waals surface area contributed by atoms with Crippen LogP contribution in [-0.4, -0.2) is 48.2 Å². The molecule has 0 aromatic heterocycles. The van der Waals surface area contributed by atoms with Crippen molar-refractivity contribution in [1.29, 1.82) is 0 Å². The van der Waals surface area contributed by atoms with E-state index >= 15 is 0 Å². The normalized spacial score (nSPS) is 32.0. The molecular weight excluding hydrogens is 272 g/mol. The molecular formula is C13H19F2NO4. The van der Waals surface area contributed by atoms with E-state index in [0.717, 1.165) is 4.90 Å². The third-order valence-electron chi connectivity index (χ3n) is 3.92. The summed E-state index contributed by atoms with van der Waals surface area (Å²) in [6, 6.07) is 0. The third-order valence-corrected chi connectivity index (χ3v) is 3.92. The molecule has 0 unspecified atom stereocenters. The molecule has 1 amide bonds. The van der Waals surface area contributed by atoms with Crippen LogP contribution in [0.5, 0.6) is 0 Å². The third kappa shape index (κ3) is 2.03. The molecule has 2 aliphatic heterocycles. The average molecular weight is 291 g/mol. The fourth-order valence-electron chi connectivity index (χ4n) is 3.11. The van der Waals surface area contributed by atoms with Crippen LogP contribution in [0.1, 0.15) is 33.6 Å². The lowest BCUT2D eigenvalue weighted by atomic mass is 9.62. The number of fused-ring (bicyclic) bond motifs is 1. The van der Waals surface area contributed by atoms with Crippen LogP contribution in [0.3, 0.4) is 0 Å². The van der Waals surface area contributed by atoms with Crippen molar-refractivity contribution in [3.63, 3.8) is 0 Å². The highest BCUT2D eigenvalue weighted by Crippen LogP contribution is 2.62.